The molecule has 0 saturated heterocycles. The maximum atomic E-state index is 11.4. The normalized spacial score (nSPS) is 27.7. The van der Waals surface area contributed by atoms with Gasteiger partial charge in [-0.3, -0.25) is 4.79 Å². The Hall–Kier alpha value is -0.650. The zero-order chi connectivity index (χ0) is 11.3. The number of methoxy groups -OCH3 is 1. The Morgan fingerprint density at radius 2 is 2.40 bits per heavy atom. The lowest BCUT2D eigenvalue weighted by molar-refractivity contribution is -0.123. The highest BCUT2D eigenvalue weighted by atomic mass is 16.5. The number of aliphatic hydroxyl groups excluding tert-OH is 1. The van der Waals surface area contributed by atoms with Crippen molar-refractivity contribution in [3.63, 3.8) is 0 Å². The number of ether oxygens (including phenoxy) is 1. The number of nitrogens with two attached hydrogens (primary N) is 1. The molecule has 0 aliphatic heterocycles. The number of hydrogen-bond donors (Lipinski definition) is 3. The average Bonchev–Trinajstić information content (AvgIpc) is 2.61. The average molecular weight is 216 g/mol. The van der Waals surface area contributed by atoms with Crippen LogP contribution >= 0.6 is 0 Å². The van der Waals surface area contributed by atoms with Crippen LogP contribution in [0.1, 0.15) is 19.3 Å². The fourth-order valence-corrected chi connectivity index (χ4v) is 1.87. The van der Waals surface area contributed by atoms with E-state index in [-0.39, 0.29) is 24.5 Å². The first-order valence-electron chi connectivity index (χ1n) is 5.35. The summed E-state index contributed by atoms with van der Waals surface area (Å²) in [5.41, 5.74) is 5.55. The van der Waals surface area contributed by atoms with Crippen LogP contribution in [-0.2, 0) is 9.53 Å². The molecule has 0 bridgehead atoms. The molecule has 3 atom stereocenters. The van der Waals surface area contributed by atoms with Crippen LogP contribution in [-0.4, -0.2) is 43.4 Å². The quantitative estimate of drug-likeness (QED) is 0.564. The molecule has 4 N–H and O–H groups in total. The standard InChI is InChI=1S/C10H20N2O3/c1-15-6-8(11)10(14)12-5-7-3-2-4-9(7)13/h7-9,13H,2-6,11H2,1H3,(H,12,14). The van der Waals surface area contributed by atoms with Gasteiger partial charge in [0, 0.05) is 19.6 Å². The summed E-state index contributed by atoms with van der Waals surface area (Å²) in [7, 11) is 1.51. The number of aliphatic hydroxyl groups is 1. The van der Waals surface area contributed by atoms with Crippen LogP contribution in [0.5, 0.6) is 0 Å². The van der Waals surface area contributed by atoms with Crippen molar-refractivity contribution in [2.45, 2.75) is 31.4 Å². The van der Waals surface area contributed by atoms with E-state index in [4.69, 9.17) is 10.5 Å². The summed E-state index contributed by atoms with van der Waals surface area (Å²) in [6, 6.07) is -0.617. The van der Waals surface area contributed by atoms with Crippen LogP contribution in [0, 0.1) is 5.92 Å². The van der Waals surface area contributed by atoms with Crippen LogP contribution in [0.3, 0.4) is 0 Å². The number of rotatable bonds is 5. The Labute approximate surface area is 90.0 Å². The molecule has 1 saturated carbocycles. The van der Waals surface area contributed by atoms with Gasteiger partial charge < -0.3 is 20.9 Å². The highest BCUT2D eigenvalue weighted by Gasteiger charge is 2.25. The number of amides is 1. The third-order valence-corrected chi connectivity index (χ3v) is 2.84. The van der Waals surface area contributed by atoms with Crippen molar-refractivity contribution >= 4 is 5.91 Å². The summed E-state index contributed by atoms with van der Waals surface area (Å²) in [4.78, 5) is 11.4. The number of hydrogen-bond acceptors (Lipinski definition) is 4. The van der Waals surface area contributed by atoms with E-state index in [0.717, 1.165) is 19.3 Å². The van der Waals surface area contributed by atoms with Crippen LogP contribution in [0.15, 0.2) is 0 Å². The maximum absolute atomic E-state index is 11.4. The van der Waals surface area contributed by atoms with E-state index >= 15 is 0 Å². The van der Waals surface area contributed by atoms with Crippen molar-refractivity contribution in [3.05, 3.63) is 0 Å². The van der Waals surface area contributed by atoms with E-state index in [1.54, 1.807) is 0 Å². The summed E-state index contributed by atoms with van der Waals surface area (Å²) in [6.45, 7) is 0.733. The predicted molar refractivity (Wildman–Crippen MR) is 56.2 cm³/mol. The van der Waals surface area contributed by atoms with Crippen LogP contribution in [0.4, 0.5) is 0 Å². The number of nitrogens with one attached hydrogen (secondary N) is 1. The maximum Gasteiger partial charge on any atom is 0.239 e. The smallest absolute Gasteiger partial charge is 0.239 e. The SMILES string of the molecule is COCC(N)C(=O)NCC1CCCC1O. The molecule has 0 radical (unpaired) electrons. The molecule has 5 nitrogen and oxygen atoms in total. The monoisotopic (exact) mass is 216 g/mol. The highest BCUT2D eigenvalue weighted by molar-refractivity contribution is 5.81. The first-order chi connectivity index (χ1) is 7.15. The van der Waals surface area contributed by atoms with Crippen molar-refractivity contribution in [2.75, 3.05) is 20.3 Å². The third kappa shape index (κ3) is 3.77. The molecule has 3 unspecified atom stereocenters. The molecule has 1 fully saturated rings. The van der Waals surface area contributed by atoms with Crippen molar-refractivity contribution < 1.29 is 14.6 Å². The van der Waals surface area contributed by atoms with Gasteiger partial charge in [-0.25, -0.2) is 0 Å². The molecule has 1 aliphatic rings. The van der Waals surface area contributed by atoms with Crippen LogP contribution < -0.4 is 11.1 Å². The van der Waals surface area contributed by atoms with Gasteiger partial charge in [0.1, 0.15) is 6.04 Å². The summed E-state index contributed by atoms with van der Waals surface area (Å²) in [5.74, 6) is -0.0281. The molecule has 0 aromatic heterocycles. The van der Waals surface area contributed by atoms with Crippen LogP contribution in [0.2, 0.25) is 0 Å². The highest BCUT2D eigenvalue weighted by Crippen LogP contribution is 2.24. The summed E-state index contributed by atoms with van der Waals surface area (Å²) < 4.78 is 4.78. The van der Waals surface area contributed by atoms with Gasteiger partial charge in [0.2, 0.25) is 5.91 Å². The fraction of sp³-hybridized carbons (Fsp3) is 0.900. The van der Waals surface area contributed by atoms with Crippen molar-refractivity contribution in [1.29, 1.82) is 0 Å². The second-order valence-corrected chi connectivity index (χ2v) is 4.07. The lowest BCUT2D eigenvalue weighted by Gasteiger charge is -2.17. The van der Waals surface area contributed by atoms with Gasteiger partial charge in [-0.15, -0.1) is 0 Å². The van der Waals surface area contributed by atoms with Gasteiger partial charge in [-0.05, 0) is 12.8 Å². The molecule has 0 heterocycles. The van der Waals surface area contributed by atoms with Gasteiger partial charge in [0.25, 0.3) is 0 Å². The number of carbonyl (C=O) groups excluding carboxylic acids is 1. The zero-order valence-corrected chi connectivity index (χ0v) is 9.11. The largest absolute Gasteiger partial charge is 0.393 e. The second kappa shape index (κ2) is 6.05. The topological polar surface area (TPSA) is 84.6 Å². The first kappa shape index (κ1) is 12.4. The molecule has 5 heteroatoms. The Kier molecular flexibility index (Phi) is 5.01. The van der Waals surface area contributed by atoms with Gasteiger partial charge in [-0.2, -0.15) is 0 Å². The van der Waals surface area contributed by atoms with Gasteiger partial charge in [-0.1, -0.05) is 6.42 Å². The summed E-state index contributed by atoms with van der Waals surface area (Å²) in [5, 5.41) is 12.3. The van der Waals surface area contributed by atoms with Gasteiger partial charge in [0.15, 0.2) is 0 Å². The lowest BCUT2D eigenvalue weighted by Crippen LogP contribution is -2.45. The molecule has 1 amide bonds. The minimum Gasteiger partial charge on any atom is -0.393 e. The third-order valence-electron chi connectivity index (χ3n) is 2.84. The Balaban J connectivity index is 2.21. The summed E-state index contributed by atoms with van der Waals surface area (Å²) in [6.07, 6.45) is 2.57. The number of carbonyl (C=O) groups is 1. The molecular formula is C10H20N2O3. The van der Waals surface area contributed by atoms with E-state index in [1.807, 2.05) is 0 Å². The van der Waals surface area contributed by atoms with Crippen molar-refractivity contribution in [1.82, 2.24) is 5.32 Å². The van der Waals surface area contributed by atoms with Crippen molar-refractivity contribution in [3.8, 4) is 0 Å². The van der Waals surface area contributed by atoms with E-state index in [1.165, 1.54) is 7.11 Å². The van der Waals surface area contributed by atoms with E-state index in [0.29, 0.717) is 6.54 Å². The molecule has 0 aromatic carbocycles. The van der Waals surface area contributed by atoms with E-state index < -0.39 is 6.04 Å². The van der Waals surface area contributed by atoms with Crippen molar-refractivity contribution in [2.24, 2.45) is 11.7 Å². The molecule has 0 spiro atoms. The lowest BCUT2D eigenvalue weighted by atomic mass is 10.1. The Morgan fingerprint density at radius 1 is 1.67 bits per heavy atom. The molecule has 88 valence electrons. The molecule has 15 heavy (non-hydrogen) atoms. The summed E-state index contributed by atoms with van der Waals surface area (Å²) >= 11 is 0. The van der Waals surface area contributed by atoms with E-state index in [9.17, 15) is 9.90 Å². The van der Waals surface area contributed by atoms with Gasteiger partial charge in [0.05, 0.1) is 12.7 Å². The first-order valence-corrected chi connectivity index (χ1v) is 5.35. The molecule has 1 aliphatic carbocycles. The molecular weight excluding hydrogens is 196 g/mol. The van der Waals surface area contributed by atoms with E-state index in [2.05, 4.69) is 5.32 Å². The molecule has 1 rings (SSSR count). The van der Waals surface area contributed by atoms with Gasteiger partial charge >= 0.3 is 0 Å². The Bertz CT molecular complexity index is 211. The zero-order valence-electron chi connectivity index (χ0n) is 9.11. The Morgan fingerprint density at radius 3 is 2.93 bits per heavy atom. The fourth-order valence-electron chi connectivity index (χ4n) is 1.87. The minimum atomic E-state index is -0.617. The minimum absolute atomic E-state index is 0.184. The van der Waals surface area contributed by atoms with Crippen LogP contribution in [0.25, 0.3) is 0 Å². The predicted octanol–water partition coefficient (Wildman–Crippen LogP) is -0.763. The second-order valence-electron chi connectivity index (χ2n) is 4.07. The molecule has 0 aromatic rings.